The number of halogens is 1. The highest BCUT2D eigenvalue weighted by molar-refractivity contribution is 9.10. The van der Waals surface area contributed by atoms with Gasteiger partial charge < -0.3 is 0 Å². The van der Waals surface area contributed by atoms with Crippen LogP contribution in [0.4, 0.5) is 0 Å². The first-order valence-electron chi connectivity index (χ1n) is 6.96. The Balaban J connectivity index is 1.99. The number of piperidine rings is 1. The van der Waals surface area contributed by atoms with Crippen molar-refractivity contribution in [3.05, 3.63) is 15.9 Å². The van der Waals surface area contributed by atoms with Gasteiger partial charge in [0.1, 0.15) is 5.78 Å². The molecular formula is C14H22BrN3O. The van der Waals surface area contributed by atoms with E-state index in [1.54, 1.807) is 6.92 Å². The first-order chi connectivity index (χ1) is 9.02. The van der Waals surface area contributed by atoms with E-state index in [2.05, 4.69) is 32.9 Å². The van der Waals surface area contributed by atoms with Gasteiger partial charge in [-0.3, -0.25) is 14.4 Å². The van der Waals surface area contributed by atoms with Gasteiger partial charge in [0.15, 0.2) is 0 Å². The van der Waals surface area contributed by atoms with E-state index >= 15 is 0 Å². The van der Waals surface area contributed by atoms with Crippen LogP contribution >= 0.6 is 15.9 Å². The number of hydrogen-bond acceptors (Lipinski definition) is 3. The minimum absolute atomic E-state index is 0.275. The van der Waals surface area contributed by atoms with Crippen molar-refractivity contribution in [1.29, 1.82) is 0 Å². The highest BCUT2D eigenvalue weighted by atomic mass is 79.9. The topological polar surface area (TPSA) is 38.1 Å². The number of nitrogens with zero attached hydrogens (tertiary/aromatic N) is 3. The summed E-state index contributed by atoms with van der Waals surface area (Å²) >= 11 is 3.66. The van der Waals surface area contributed by atoms with Gasteiger partial charge >= 0.3 is 0 Å². The molecule has 1 aliphatic rings. The number of aryl methyl sites for hydroxylation is 2. The van der Waals surface area contributed by atoms with Crippen LogP contribution in [0.15, 0.2) is 4.47 Å². The Morgan fingerprint density at radius 1 is 1.42 bits per heavy atom. The molecule has 2 rings (SSSR count). The monoisotopic (exact) mass is 327 g/mol. The molecular weight excluding hydrogens is 306 g/mol. The number of ketones is 1. The van der Waals surface area contributed by atoms with E-state index in [0.29, 0.717) is 5.78 Å². The van der Waals surface area contributed by atoms with Crippen molar-refractivity contribution in [2.45, 2.75) is 39.7 Å². The normalized spacial score (nSPS) is 17.9. The molecule has 0 aliphatic carbocycles. The van der Waals surface area contributed by atoms with Crippen molar-refractivity contribution in [2.24, 2.45) is 13.0 Å². The Kier molecular flexibility index (Phi) is 4.79. The van der Waals surface area contributed by atoms with Gasteiger partial charge in [-0.05, 0) is 55.2 Å². The summed E-state index contributed by atoms with van der Waals surface area (Å²) in [4.78, 5) is 13.8. The highest BCUT2D eigenvalue weighted by Crippen LogP contribution is 2.25. The maximum Gasteiger partial charge on any atom is 0.133 e. The summed E-state index contributed by atoms with van der Waals surface area (Å²) in [6.45, 7) is 6.75. The molecule has 0 spiro atoms. The number of Topliss-reactive ketones (excluding diaryl/α,β-unsaturated/α-hetero) is 1. The molecule has 1 saturated heterocycles. The maximum absolute atomic E-state index is 11.4. The molecule has 19 heavy (non-hydrogen) atoms. The standard InChI is InChI=1S/C14H22BrN3O/c1-4-12-14(15)13(17(3)16-12)9-18-7-5-11(6-8-18)10(2)19/h11H,4-9H2,1-3H3. The Hall–Kier alpha value is -0.680. The summed E-state index contributed by atoms with van der Waals surface area (Å²) in [5.41, 5.74) is 2.36. The molecule has 4 nitrogen and oxygen atoms in total. The molecule has 0 aromatic carbocycles. The van der Waals surface area contributed by atoms with E-state index in [0.717, 1.165) is 49.1 Å². The molecule has 0 unspecified atom stereocenters. The quantitative estimate of drug-likeness (QED) is 0.853. The number of carbonyl (C=O) groups is 1. The van der Waals surface area contributed by atoms with Gasteiger partial charge in [0.2, 0.25) is 0 Å². The molecule has 0 saturated carbocycles. The molecule has 106 valence electrons. The summed E-state index contributed by atoms with van der Waals surface area (Å²) in [5.74, 6) is 0.618. The van der Waals surface area contributed by atoms with Crippen LogP contribution in [-0.4, -0.2) is 33.6 Å². The Labute approximate surface area is 123 Å². The van der Waals surface area contributed by atoms with Crippen LogP contribution in [0.2, 0.25) is 0 Å². The van der Waals surface area contributed by atoms with Crippen LogP contribution in [0, 0.1) is 5.92 Å². The lowest BCUT2D eigenvalue weighted by atomic mass is 9.93. The molecule has 0 amide bonds. The van der Waals surface area contributed by atoms with Gasteiger partial charge in [-0.2, -0.15) is 5.10 Å². The largest absolute Gasteiger partial charge is 0.300 e. The number of likely N-dealkylation sites (tertiary alicyclic amines) is 1. The fourth-order valence-corrected chi connectivity index (χ4v) is 3.44. The number of rotatable bonds is 4. The third-order valence-electron chi connectivity index (χ3n) is 4.04. The van der Waals surface area contributed by atoms with Crippen LogP contribution in [0.25, 0.3) is 0 Å². The summed E-state index contributed by atoms with van der Waals surface area (Å²) in [6.07, 6.45) is 2.93. The maximum atomic E-state index is 11.4. The zero-order valence-corrected chi connectivity index (χ0v) is 13.5. The van der Waals surface area contributed by atoms with E-state index < -0.39 is 0 Å². The third kappa shape index (κ3) is 3.26. The molecule has 2 heterocycles. The Bertz CT molecular complexity index is 462. The van der Waals surface area contributed by atoms with E-state index in [4.69, 9.17) is 0 Å². The fourth-order valence-electron chi connectivity index (χ4n) is 2.70. The summed E-state index contributed by atoms with van der Waals surface area (Å²) < 4.78 is 3.12. The third-order valence-corrected chi connectivity index (χ3v) is 4.95. The van der Waals surface area contributed by atoms with E-state index in [1.807, 2.05) is 11.7 Å². The second-order valence-corrected chi connectivity index (χ2v) is 6.14. The van der Waals surface area contributed by atoms with Gasteiger partial charge in [-0.15, -0.1) is 0 Å². The van der Waals surface area contributed by atoms with E-state index in [9.17, 15) is 4.79 Å². The summed E-state index contributed by atoms with van der Waals surface area (Å²) in [7, 11) is 2.00. The Morgan fingerprint density at radius 3 is 2.53 bits per heavy atom. The van der Waals surface area contributed by atoms with Crippen molar-refractivity contribution < 1.29 is 4.79 Å². The molecule has 1 aromatic heterocycles. The number of aromatic nitrogens is 2. The molecule has 0 bridgehead atoms. The summed E-state index contributed by atoms with van der Waals surface area (Å²) in [6, 6.07) is 0. The van der Waals surface area contributed by atoms with Crippen LogP contribution in [0.3, 0.4) is 0 Å². The minimum atomic E-state index is 0.275. The van der Waals surface area contributed by atoms with Gasteiger partial charge in [0, 0.05) is 19.5 Å². The van der Waals surface area contributed by atoms with Crippen LogP contribution in [0.5, 0.6) is 0 Å². The second-order valence-electron chi connectivity index (χ2n) is 5.35. The average molecular weight is 328 g/mol. The smallest absolute Gasteiger partial charge is 0.133 e. The molecule has 1 fully saturated rings. The van der Waals surface area contributed by atoms with Crippen LogP contribution in [0.1, 0.15) is 38.1 Å². The van der Waals surface area contributed by atoms with Crippen molar-refractivity contribution in [2.75, 3.05) is 13.1 Å². The lowest BCUT2D eigenvalue weighted by Gasteiger charge is -2.30. The van der Waals surface area contributed by atoms with E-state index in [-0.39, 0.29) is 5.92 Å². The first kappa shape index (κ1) is 14.7. The SMILES string of the molecule is CCc1nn(C)c(CN2CCC(C(C)=O)CC2)c1Br. The fraction of sp³-hybridized carbons (Fsp3) is 0.714. The van der Waals surface area contributed by atoms with Gasteiger partial charge in [-0.25, -0.2) is 0 Å². The van der Waals surface area contributed by atoms with Crippen LogP contribution in [-0.2, 0) is 24.8 Å². The minimum Gasteiger partial charge on any atom is -0.300 e. The number of hydrogen-bond donors (Lipinski definition) is 0. The summed E-state index contributed by atoms with van der Waals surface area (Å²) in [5, 5.41) is 4.53. The van der Waals surface area contributed by atoms with Gasteiger partial charge in [-0.1, -0.05) is 6.92 Å². The Morgan fingerprint density at radius 2 is 2.05 bits per heavy atom. The molecule has 0 radical (unpaired) electrons. The van der Waals surface area contributed by atoms with Crippen molar-refractivity contribution in [3.63, 3.8) is 0 Å². The van der Waals surface area contributed by atoms with E-state index in [1.165, 1.54) is 5.69 Å². The zero-order valence-electron chi connectivity index (χ0n) is 11.9. The predicted octanol–water partition coefficient (Wildman–Crippen LogP) is 2.55. The first-order valence-corrected chi connectivity index (χ1v) is 7.75. The predicted molar refractivity (Wildman–Crippen MR) is 79.0 cm³/mol. The van der Waals surface area contributed by atoms with Crippen molar-refractivity contribution in [1.82, 2.24) is 14.7 Å². The molecule has 1 aromatic rings. The zero-order chi connectivity index (χ0) is 14.0. The molecule has 0 N–H and O–H groups in total. The highest BCUT2D eigenvalue weighted by Gasteiger charge is 2.24. The second kappa shape index (κ2) is 6.18. The molecule has 1 aliphatic heterocycles. The van der Waals surface area contributed by atoms with Crippen LogP contribution < -0.4 is 0 Å². The average Bonchev–Trinajstić information content (AvgIpc) is 2.67. The van der Waals surface area contributed by atoms with Gasteiger partial charge in [0.05, 0.1) is 15.9 Å². The lowest BCUT2D eigenvalue weighted by molar-refractivity contribution is -0.122. The molecule has 5 heteroatoms. The van der Waals surface area contributed by atoms with Crippen molar-refractivity contribution in [3.8, 4) is 0 Å². The van der Waals surface area contributed by atoms with Gasteiger partial charge in [0.25, 0.3) is 0 Å². The van der Waals surface area contributed by atoms with Crippen molar-refractivity contribution >= 4 is 21.7 Å². The number of carbonyl (C=O) groups excluding carboxylic acids is 1. The lowest BCUT2D eigenvalue weighted by Crippen LogP contribution is -2.35. The molecule has 0 atom stereocenters.